The monoisotopic (exact) mass is 302 g/mol. The van der Waals surface area contributed by atoms with E-state index in [2.05, 4.69) is 4.90 Å². The number of piperazine rings is 1. The molecule has 0 aliphatic carbocycles. The molecule has 21 heavy (non-hydrogen) atoms. The van der Waals surface area contributed by atoms with Gasteiger partial charge in [-0.3, -0.25) is 9.69 Å². The van der Waals surface area contributed by atoms with Gasteiger partial charge in [0.1, 0.15) is 0 Å². The van der Waals surface area contributed by atoms with Crippen molar-refractivity contribution in [2.75, 3.05) is 72.9 Å². The minimum absolute atomic E-state index is 0.293. The Labute approximate surface area is 128 Å². The van der Waals surface area contributed by atoms with Crippen LogP contribution in [0.2, 0.25) is 0 Å². The van der Waals surface area contributed by atoms with Crippen LogP contribution in [0.15, 0.2) is 0 Å². The van der Waals surface area contributed by atoms with E-state index in [-0.39, 0.29) is 0 Å². The van der Waals surface area contributed by atoms with Crippen LogP contribution >= 0.6 is 0 Å². The molecule has 0 unspecified atom stereocenters. The molecule has 0 atom stereocenters. The SMILES string of the molecule is CCCC(=O)N1CCN(CCOCCOCCOC)CC1. The molecule has 0 bridgehead atoms. The molecule has 1 fully saturated rings. The summed E-state index contributed by atoms with van der Waals surface area (Å²) in [5.41, 5.74) is 0. The molecule has 0 radical (unpaired) electrons. The Hall–Kier alpha value is -0.690. The van der Waals surface area contributed by atoms with Gasteiger partial charge in [0, 0.05) is 46.3 Å². The fourth-order valence-electron chi connectivity index (χ4n) is 2.25. The highest BCUT2D eigenvalue weighted by Gasteiger charge is 2.19. The molecule has 6 nitrogen and oxygen atoms in total. The van der Waals surface area contributed by atoms with Gasteiger partial charge >= 0.3 is 0 Å². The van der Waals surface area contributed by atoms with E-state index in [1.165, 1.54) is 0 Å². The molecule has 1 aliphatic rings. The van der Waals surface area contributed by atoms with Gasteiger partial charge in [-0.15, -0.1) is 0 Å². The van der Waals surface area contributed by atoms with Crippen LogP contribution in [0, 0.1) is 0 Å². The maximum Gasteiger partial charge on any atom is 0.222 e. The predicted molar refractivity (Wildman–Crippen MR) is 81.4 cm³/mol. The van der Waals surface area contributed by atoms with E-state index in [0.717, 1.165) is 45.8 Å². The standard InChI is InChI=1S/C15H30N2O4/c1-3-4-15(18)17-7-5-16(6-8-17)9-10-20-13-14-21-12-11-19-2/h3-14H2,1-2H3. The van der Waals surface area contributed by atoms with E-state index >= 15 is 0 Å². The molecule has 1 aliphatic heterocycles. The van der Waals surface area contributed by atoms with E-state index in [0.29, 0.717) is 38.8 Å². The van der Waals surface area contributed by atoms with Gasteiger partial charge in [0.05, 0.1) is 33.0 Å². The largest absolute Gasteiger partial charge is 0.382 e. The Morgan fingerprint density at radius 3 is 2.19 bits per heavy atom. The number of hydrogen-bond acceptors (Lipinski definition) is 5. The van der Waals surface area contributed by atoms with Crippen molar-refractivity contribution in [1.29, 1.82) is 0 Å². The lowest BCUT2D eigenvalue weighted by Gasteiger charge is -2.34. The van der Waals surface area contributed by atoms with Crippen molar-refractivity contribution in [1.82, 2.24) is 9.80 Å². The summed E-state index contributed by atoms with van der Waals surface area (Å²) in [5.74, 6) is 0.293. The van der Waals surface area contributed by atoms with Crippen molar-refractivity contribution in [2.45, 2.75) is 19.8 Å². The zero-order valence-corrected chi connectivity index (χ0v) is 13.5. The van der Waals surface area contributed by atoms with Crippen LogP contribution in [0.3, 0.4) is 0 Å². The van der Waals surface area contributed by atoms with Gasteiger partial charge in [0.15, 0.2) is 0 Å². The van der Waals surface area contributed by atoms with Crippen LogP contribution in [-0.2, 0) is 19.0 Å². The molecule has 1 rings (SSSR count). The van der Waals surface area contributed by atoms with Crippen molar-refractivity contribution in [3.05, 3.63) is 0 Å². The summed E-state index contributed by atoms with van der Waals surface area (Å²) in [6.45, 7) is 9.76. The van der Waals surface area contributed by atoms with E-state index < -0.39 is 0 Å². The molecule has 0 aromatic rings. The third-order valence-corrected chi connectivity index (χ3v) is 3.54. The maximum absolute atomic E-state index is 11.8. The van der Waals surface area contributed by atoms with Gasteiger partial charge < -0.3 is 19.1 Å². The number of methoxy groups -OCH3 is 1. The second kappa shape index (κ2) is 11.9. The third-order valence-electron chi connectivity index (χ3n) is 3.54. The first-order chi connectivity index (χ1) is 10.3. The molecule has 6 heteroatoms. The van der Waals surface area contributed by atoms with Gasteiger partial charge in [0.25, 0.3) is 0 Å². The average Bonchev–Trinajstić information content (AvgIpc) is 2.51. The van der Waals surface area contributed by atoms with Crippen LogP contribution in [0.5, 0.6) is 0 Å². The van der Waals surface area contributed by atoms with E-state index in [4.69, 9.17) is 14.2 Å². The molecule has 1 saturated heterocycles. The van der Waals surface area contributed by atoms with Gasteiger partial charge in [-0.25, -0.2) is 0 Å². The molecule has 0 N–H and O–H groups in total. The Bertz CT molecular complexity index is 268. The van der Waals surface area contributed by atoms with Crippen LogP contribution in [0.25, 0.3) is 0 Å². The van der Waals surface area contributed by atoms with Crippen LogP contribution < -0.4 is 0 Å². The zero-order valence-electron chi connectivity index (χ0n) is 13.5. The number of carbonyl (C=O) groups is 1. The quantitative estimate of drug-likeness (QED) is 0.524. The summed E-state index contributed by atoms with van der Waals surface area (Å²) < 4.78 is 15.8. The Morgan fingerprint density at radius 1 is 0.952 bits per heavy atom. The lowest BCUT2D eigenvalue weighted by molar-refractivity contribution is -0.133. The van der Waals surface area contributed by atoms with E-state index in [1.54, 1.807) is 7.11 Å². The van der Waals surface area contributed by atoms with E-state index in [9.17, 15) is 4.79 Å². The predicted octanol–water partition coefficient (Wildman–Crippen LogP) is 0.610. The minimum atomic E-state index is 0.293. The van der Waals surface area contributed by atoms with Crippen LogP contribution in [0.1, 0.15) is 19.8 Å². The molecule has 0 aromatic heterocycles. The van der Waals surface area contributed by atoms with Crippen molar-refractivity contribution in [3.63, 3.8) is 0 Å². The summed E-state index contributed by atoms with van der Waals surface area (Å²) in [5, 5.41) is 0. The van der Waals surface area contributed by atoms with Gasteiger partial charge in [0.2, 0.25) is 5.91 Å². The number of amides is 1. The number of rotatable bonds is 11. The molecule has 124 valence electrons. The first kappa shape index (κ1) is 18.4. The fraction of sp³-hybridized carbons (Fsp3) is 0.933. The number of ether oxygens (including phenoxy) is 3. The summed E-state index contributed by atoms with van der Waals surface area (Å²) in [6, 6.07) is 0. The molecule has 1 heterocycles. The molecule has 1 amide bonds. The lowest BCUT2D eigenvalue weighted by Crippen LogP contribution is -2.49. The summed E-state index contributed by atoms with van der Waals surface area (Å²) in [7, 11) is 1.66. The molecule has 0 aromatic carbocycles. The highest BCUT2D eigenvalue weighted by atomic mass is 16.5. The second-order valence-corrected chi connectivity index (χ2v) is 5.19. The summed E-state index contributed by atoms with van der Waals surface area (Å²) in [4.78, 5) is 16.1. The highest BCUT2D eigenvalue weighted by Crippen LogP contribution is 2.04. The molecular weight excluding hydrogens is 272 g/mol. The van der Waals surface area contributed by atoms with E-state index in [1.807, 2.05) is 11.8 Å². The number of carbonyl (C=O) groups excluding carboxylic acids is 1. The molecule has 0 spiro atoms. The Balaban J connectivity index is 1.95. The average molecular weight is 302 g/mol. The summed E-state index contributed by atoms with van der Waals surface area (Å²) >= 11 is 0. The molecular formula is C15H30N2O4. The topological polar surface area (TPSA) is 51.2 Å². The smallest absolute Gasteiger partial charge is 0.222 e. The van der Waals surface area contributed by atoms with Gasteiger partial charge in [-0.2, -0.15) is 0 Å². The normalized spacial score (nSPS) is 16.4. The number of hydrogen-bond donors (Lipinski definition) is 0. The van der Waals surface area contributed by atoms with Crippen molar-refractivity contribution in [3.8, 4) is 0 Å². The number of nitrogens with zero attached hydrogens (tertiary/aromatic N) is 2. The summed E-state index contributed by atoms with van der Waals surface area (Å²) in [6.07, 6.45) is 1.60. The maximum atomic E-state index is 11.8. The molecule has 0 saturated carbocycles. The Kier molecular flexibility index (Phi) is 10.4. The fourth-order valence-corrected chi connectivity index (χ4v) is 2.25. The van der Waals surface area contributed by atoms with Crippen LogP contribution in [0.4, 0.5) is 0 Å². The Morgan fingerprint density at radius 2 is 1.57 bits per heavy atom. The minimum Gasteiger partial charge on any atom is -0.382 e. The van der Waals surface area contributed by atoms with Crippen molar-refractivity contribution < 1.29 is 19.0 Å². The van der Waals surface area contributed by atoms with Gasteiger partial charge in [-0.1, -0.05) is 6.92 Å². The van der Waals surface area contributed by atoms with Crippen molar-refractivity contribution >= 4 is 5.91 Å². The zero-order chi connectivity index (χ0) is 15.3. The second-order valence-electron chi connectivity index (χ2n) is 5.19. The first-order valence-corrected chi connectivity index (χ1v) is 7.92. The first-order valence-electron chi connectivity index (χ1n) is 7.92. The van der Waals surface area contributed by atoms with Gasteiger partial charge in [-0.05, 0) is 6.42 Å². The van der Waals surface area contributed by atoms with Crippen LogP contribution in [-0.4, -0.2) is 88.6 Å². The highest BCUT2D eigenvalue weighted by molar-refractivity contribution is 5.76. The third kappa shape index (κ3) is 8.36. The lowest BCUT2D eigenvalue weighted by atomic mass is 10.2. The van der Waals surface area contributed by atoms with Crippen molar-refractivity contribution in [2.24, 2.45) is 0 Å².